The molecule has 0 spiro atoms. The van der Waals surface area contributed by atoms with Crippen molar-refractivity contribution in [1.82, 2.24) is 10.2 Å². The molecule has 0 bridgehead atoms. The molecule has 5 heteroatoms. The van der Waals surface area contributed by atoms with Crippen molar-refractivity contribution < 1.29 is 14.3 Å². The van der Waals surface area contributed by atoms with E-state index in [9.17, 15) is 9.90 Å². The second-order valence-electron chi connectivity index (χ2n) is 6.86. The first-order chi connectivity index (χ1) is 12.1. The van der Waals surface area contributed by atoms with Crippen LogP contribution in [0.2, 0.25) is 0 Å². The SMILES string of the molecule is Cc1cc(C(=O)NC2CN(Cc3ccccc3)CCC2CO)c(C)o1. The number of rotatable bonds is 5. The van der Waals surface area contributed by atoms with Gasteiger partial charge in [-0.25, -0.2) is 0 Å². The Morgan fingerprint density at radius 1 is 1.32 bits per heavy atom. The molecule has 1 aliphatic rings. The summed E-state index contributed by atoms with van der Waals surface area (Å²) in [4.78, 5) is 14.9. The first-order valence-corrected chi connectivity index (χ1v) is 8.82. The molecule has 0 saturated carbocycles. The maximum Gasteiger partial charge on any atom is 0.255 e. The Labute approximate surface area is 148 Å². The summed E-state index contributed by atoms with van der Waals surface area (Å²) >= 11 is 0. The van der Waals surface area contributed by atoms with Gasteiger partial charge >= 0.3 is 0 Å². The van der Waals surface area contributed by atoms with E-state index in [-0.39, 0.29) is 24.5 Å². The Hall–Kier alpha value is -2.11. The molecule has 3 rings (SSSR count). The first kappa shape index (κ1) is 17.7. The van der Waals surface area contributed by atoms with Gasteiger partial charge in [-0.3, -0.25) is 9.69 Å². The molecule has 2 atom stereocenters. The van der Waals surface area contributed by atoms with E-state index in [2.05, 4.69) is 22.3 Å². The number of aliphatic hydroxyl groups is 1. The van der Waals surface area contributed by atoms with Crippen LogP contribution in [-0.2, 0) is 6.54 Å². The van der Waals surface area contributed by atoms with Gasteiger partial charge < -0.3 is 14.8 Å². The minimum atomic E-state index is -0.126. The van der Waals surface area contributed by atoms with Gasteiger partial charge in [-0.1, -0.05) is 30.3 Å². The topological polar surface area (TPSA) is 65.7 Å². The fraction of sp³-hybridized carbons (Fsp3) is 0.450. The predicted molar refractivity (Wildman–Crippen MR) is 96.3 cm³/mol. The van der Waals surface area contributed by atoms with Gasteiger partial charge in [0.15, 0.2) is 0 Å². The molecule has 0 aliphatic carbocycles. The quantitative estimate of drug-likeness (QED) is 0.876. The zero-order valence-electron chi connectivity index (χ0n) is 14.9. The van der Waals surface area contributed by atoms with Crippen LogP contribution in [0.1, 0.15) is 33.9 Å². The van der Waals surface area contributed by atoms with E-state index in [4.69, 9.17) is 4.42 Å². The number of carbonyl (C=O) groups is 1. The molecule has 1 amide bonds. The lowest BCUT2D eigenvalue weighted by Gasteiger charge is -2.38. The molecule has 2 unspecified atom stereocenters. The van der Waals surface area contributed by atoms with Crippen molar-refractivity contribution >= 4 is 5.91 Å². The van der Waals surface area contributed by atoms with Crippen molar-refractivity contribution in [3.8, 4) is 0 Å². The molecule has 1 aliphatic heterocycles. The first-order valence-electron chi connectivity index (χ1n) is 8.82. The molecule has 1 aromatic heterocycles. The maximum absolute atomic E-state index is 12.6. The summed E-state index contributed by atoms with van der Waals surface area (Å²) < 4.78 is 5.46. The summed E-state index contributed by atoms with van der Waals surface area (Å²) in [5, 5.41) is 12.8. The largest absolute Gasteiger partial charge is 0.466 e. The number of nitrogens with zero attached hydrogens (tertiary/aromatic N) is 1. The summed E-state index contributed by atoms with van der Waals surface area (Å²) in [6.07, 6.45) is 0.873. The fourth-order valence-corrected chi connectivity index (χ4v) is 3.54. The summed E-state index contributed by atoms with van der Waals surface area (Å²) in [6, 6.07) is 12.0. The van der Waals surface area contributed by atoms with Crippen molar-refractivity contribution in [2.45, 2.75) is 32.9 Å². The number of likely N-dealkylation sites (tertiary alicyclic amines) is 1. The van der Waals surface area contributed by atoms with E-state index < -0.39 is 0 Å². The molecule has 1 aromatic carbocycles. The van der Waals surface area contributed by atoms with Crippen LogP contribution in [0.4, 0.5) is 0 Å². The van der Waals surface area contributed by atoms with Gasteiger partial charge in [-0.2, -0.15) is 0 Å². The van der Waals surface area contributed by atoms with Crippen LogP contribution < -0.4 is 5.32 Å². The number of amides is 1. The molecule has 2 N–H and O–H groups in total. The molecule has 5 nitrogen and oxygen atoms in total. The van der Waals surface area contributed by atoms with Crippen LogP contribution in [0.25, 0.3) is 0 Å². The number of hydrogen-bond donors (Lipinski definition) is 2. The summed E-state index contributed by atoms with van der Waals surface area (Å²) in [6.45, 7) is 6.25. The third kappa shape index (κ3) is 4.30. The van der Waals surface area contributed by atoms with Gasteiger partial charge in [0.1, 0.15) is 11.5 Å². The molecule has 1 fully saturated rings. The average Bonchev–Trinajstić information content (AvgIpc) is 2.94. The molecule has 25 heavy (non-hydrogen) atoms. The smallest absolute Gasteiger partial charge is 0.255 e. The number of hydrogen-bond acceptors (Lipinski definition) is 4. The standard InChI is InChI=1S/C20H26N2O3/c1-14-10-18(15(2)25-14)20(24)21-19-12-22(9-8-17(19)13-23)11-16-6-4-3-5-7-16/h3-7,10,17,19,23H,8-9,11-13H2,1-2H3,(H,21,24). The number of aliphatic hydroxyl groups excluding tert-OH is 1. The summed E-state index contributed by atoms with van der Waals surface area (Å²) in [7, 11) is 0. The molecule has 134 valence electrons. The number of carbonyl (C=O) groups excluding carboxylic acids is 1. The van der Waals surface area contributed by atoms with E-state index in [1.54, 1.807) is 13.0 Å². The van der Waals surface area contributed by atoms with Crippen molar-refractivity contribution in [2.75, 3.05) is 19.7 Å². The highest BCUT2D eigenvalue weighted by Gasteiger charge is 2.30. The average molecular weight is 342 g/mol. The second kappa shape index (κ2) is 7.85. The Kier molecular flexibility index (Phi) is 5.56. The number of piperidine rings is 1. The van der Waals surface area contributed by atoms with E-state index in [0.717, 1.165) is 31.8 Å². The summed E-state index contributed by atoms with van der Waals surface area (Å²) in [5.41, 5.74) is 1.84. The maximum atomic E-state index is 12.6. The van der Waals surface area contributed by atoms with Crippen molar-refractivity contribution in [3.63, 3.8) is 0 Å². The van der Waals surface area contributed by atoms with E-state index in [0.29, 0.717) is 11.3 Å². The number of furan rings is 1. The van der Waals surface area contributed by atoms with E-state index >= 15 is 0 Å². The van der Waals surface area contributed by atoms with Crippen molar-refractivity contribution in [3.05, 3.63) is 59.0 Å². The second-order valence-corrected chi connectivity index (χ2v) is 6.86. The Morgan fingerprint density at radius 3 is 2.72 bits per heavy atom. The molecule has 1 saturated heterocycles. The lowest BCUT2D eigenvalue weighted by Crippen LogP contribution is -2.53. The summed E-state index contributed by atoms with van der Waals surface area (Å²) in [5.74, 6) is 1.33. The molecule has 2 heterocycles. The van der Waals surface area contributed by atoms with Gasteiger partial charge in [-0.05, 0) is 38.4 Å². The van der Waals surface area contributed by atoms with Crippen LogP contribution in [0.3, 0.4) is 0 Å². The monoisotopic (exact) mass is 342 g/mol. The van der Waals surface area contributed by atoms with Gasteiger partial charge in [0.2, 0.25) is 0 Å². The highest BCUT2D eigenvalue weighted by molar-refractivity contribution is 5.95. The van der Waals surface area contributed by atoms with Crippen molar-refractivity contribution in [2.24, 2.45) is 5.92 Å². The minimum absolute atomic E-state index is 0.0652. The third-order valence-electron chi connectivity index (χ3n) is 4.93. The Morgan fingerprint density at radius 2 is 2.08 bits per heavy atom. The molecular weight excluding hydrogens is 316 g/mol. The zero-order chi connectivity index (χ0) is 17.8. The van der Waals surface area contributed by atoms with Gasteiger partial charge in [0.05, 0.1) is 5.56 Å². The number of benzene rings is 1. The van der Waals surface area contributed by atoms with Gasteiger partial charge in [-0.15, -0.1) is 0 Å². The molecular formula is C20H26N2O3. The fourth-order valence-electron chi connectivity index (χ4n) is 3.54. The zero-order valence-corrected chi connectivity index (χ0v) is 14.9. The van der Waals surface area contributed by atoms with Gasteiger partial charge in [0, 0.05) is 31.7 Å². The third-order valence-corrected chi connectivity index (χ3v) is 4.93. The highest BCUT2D eigenvalue weighted by atomic mass is 16.3. The lowest BCUT2D eigenvalue weighted by molar-refractivity contribution is 0.0729. The van der Waals surface area contributed by atoms with Crippen molar-refractivity contribution in [1.29, 1.82) is 0 Å². The minimum Gasteiger partial charge on any atom is -0.466 e. The Bertz CT molecular complexity index is 711. The number of aryl methyl sites for hydroxylation is 2. The van der Waals surface area contributed by atoms with Crippen LogP contribution in [0.5, 0.6) is 0 Å². The lowest BCUT2D eigenvalue weighted by atomic mass is 9.91. The van der Waals surface area contributed by atoms with E-state index in [1.165, 1.54) is 5.56 Å². The number of nitrogens with one attached hydrogen (secondary N) is 1. The predicted octanol–water partition coefficient (Wildman–Crippen LogP) is 2.51. The molecule has 2 aromatic rings. The molecule has 0 radical (unpaired) electrons. The van der Waals surface area contributed by atoms with E-state index in [1.807, 2.05) is 25.1 Å². The van der Waals surface area contributed by atoms with Gasteiger partial charge in [0.25, 0.3) is 5.91 Å². The van der Waals surface area contributed by atoms with Crippen LogP contribution in [0, 0.1) is 19.8 Å². The van der Waals surface area contributed by atoms with Crippen LogP contribution in [-0.4, -0.2) is 41.7 Å². The normalized spacial score (nSPS) is 21.2. The highest BCUT2D eigenvalue weighted by Crippen LogP contribution is 2.21. The Balaban J connectivity index is 1.66. The van der Waals surface area contributed by atoms with Crippen LogP contribution >= 0.6 is 0 Å². The van der Waals surface area contributed by atoms with Crippen LogP contribution in [0.15, 0.2) is 40.8 Å².